The van der Waals surface area contributed by atoms with Crippen molar-refractivity contribution >= 4 is 33.6 Å². The second kappa shape index (κ2) is 11.6. The molecule has 1 amide bonds. The molecule has 11 heteroatoms. The van der Waals surface area contributed by atoms with Gasteiger partial charge in [-0.2, -0.15) is 0 Å². The third kappa shape index (κ3) is 6.52. The van der Waals surface area contributed by atoms with E-state index in [4.69, 9.17) is 14.2 Å². The van der Waals surface area contributed by atoms with Gasteiger partial charge in [-0.15, -0.1) is 11.3 Å². The molecule has 2 aromatic rings. The molecule has 0 aliphatic carbocycles. The highest BCUT2D eigenvalue weighted by Gasteiger charge is 2.23. The quantitative estimate of drug-likeness (QED) is 0.453. The summed E-state index contributed by atoms with van der Waals surface area (Å²) in [5.41, 5.74) is 0.302. The number of carbonyl (C=O) groups is 2. The molecule has 0 unspecified atom stereocenters. The lowest BCUT2D eigenvalue weighted by molar-refractivity contribution is 0.0393. The SMILES string of the molecule is COCCOC(=O)c1sc2nc(CN3CCCN(C(=O)OCC(C)C)CC3)[nH]c(=O)c2c1C. The van der Waals surface area contributed by atoms with Crippen molar-refractivity contribution in [3.63, 3.8) is 0 Å². The number of carbonyl (C=O) groups excluding carboxylic acids is 2. The minimum atomic E-state index is -0.481. The molecule has 0 bridgehead atoms. The Bertz CT molecular complexity index is 1030. The molecule has 0 aromatic carbocycles. The van der Waals surface area contributed by atoms with Gasteiger partial charge in [-0.05, 0) is 24.8 Å². The van der Waals surface area contributed by atoms with Crippen molar-refractivity contribution in [3.8, 4) is 0 Å². The zero-order valence-corrected chi connectivity index (χ0v) is 20.5. The summed E-state index contributed by atoms with van der Waals surface area (Å²) >= 11 is 1.16. The summed E-state index contributed by atoms with van der Waals surface area (Å²) in [6.45, 7) is 9.66. The van der Waals surface area contributed by atoms with Crippen molar-refractivity contribution in [2.45, 2.75) is 33.7 Å². The zero-order valence-electron chi connectivity index (χ0n) is 19.6. The van der Waals surface area contributed by atoms with E-state index in [9.17, 15) is 14.4 Å². The molecule has 0 spiro atoms. The first-order valence-electron chi connectivity index (χ1n) is 11.1. The van der Waals surface area contributed by atoms with Gasteiger partial charge in [0.05, 0.1) is 25.1 Å². The van der Waals surface area contributed by atoms with Crippen molar-refractivity contribution in [3.05, 3.63) is 26.6 Å². The lowest BCUT2D eigenvalue weighted by Crippen LogP contribution is -2.36. The van der Waals surface area contributed by atoms with Crippen molar-refractivity contribution in [2.75, 3.05) is 53.1 Å². The number of aromatic amines is 1. The number of hydrogen-bond donors (Lipinski definition) is 1. The maximum Gasteiger partial charge on any atom is 0.409 e. The number of fused-ring (bicyclic) bond motifs is 1. The monoisotopic (exact) mass is 480 g/mol. The number of esters is 1. The number of thiophene rings is 1. The summed E-state index contributed by atoms with van der Waals surface area (Å²) in [5, 5.41) is 0.414. The van der Waals surface area contributed by atoms with Crippen molar-refractivity contribution in [1.29, 1.82) is 0 Å². The van der Waals surface area contributed by atoms with Crippen molar-refractivity contribution in [1.82, 2.24) is 19.8 Å². The largest absolute Gasteiger partial charge is 0.459 e. The average Bonchev–Trinajstić information content (AvgIpc) is 2.93. The first kappa shape index (κ1) is 25.1. The summed E-state index contributed by atoms with van der Waals surface area (Å²) in [4.78, 5) is 49.6. The summed E-state index contributed by atoms with van der Waals surface area (Å²) in [6.07, 6.45) is 0.524. The molecule has 3 heterocycles. The predicted octanol–water partition coefficient (Wildman–Crippen LogP) is 2.40. The predicted molar refractivity (Wildman–Crippen MR) is 125 cm³/mol. The Labute approximate surface area is 196 Å². The number of amides is 1. The first-order chi connectivity index (χ1) is 15.8. The number of hydrogen-bond acceptors (Lipinski definition) is 9. The van der Waals surface area contributed by atoms with Crippen LogP contribution in [-0.4, -0.2) is 84.9 Å². The van der Waals surface area contributed by atoms with E-state index in [0.717, 1.165) is 24.3 Å². The highest BCUT2D eigenvalue weighted by atomic mass is 32.1. The van der Waals surface area contributed by atoms with Crippen LogP contribution in [0, 0.1) is 12.8 Å². The molecule has 33 heavy (non-hydrogen) atoms. The Morgan fingerprint density at radius 3 is 2.67 bits per heavy atom. The van der Waals surface area contributed by atoms with Crippen LogP contribution in [0.2, 0.25) is 0 Å². The number of aryl methyl sites for hydroxylation is 1. The van der Waals surface area contributed by atoms with E-state index in [-0.39, 0.29) is 18.3 Å². The number of rotatable bonds is 8. The molecular formula is C22H32N4O6S. The maximum atomic E-state index is 12.7. The second-order valence-electron chi connectivity index (χ2n) is 8.47. The molecule has 1 aliphatic heterocycles. The van der Waals surface area contributed by atoms with Gasteiger partial charge < -0.3 is 24.1 Å². The van der Waals surface area contributed by atoms with Crippen LogP contribution in [0.4, 0.5) is 4.79 Å². The first-order valence-corrected chi connectivity index (χ1v) is 11.9. The second-order valence-corrected chi connectivity index (χ2v) is 9.46. The molecule has 1 saturated heterocycles. The normalized spacial score (nSPS) is 15.1. The van der Waals surface area contributed by atoms with Crippen LogP contribution in [-0.2, 0) is 20.8 Å². The number of ether oxygens (including phenoxy) is 3. The number of aromatic nitrogens is 2. The molecule has 1 aliphatic rings. The molecule has 0 radical (unpaired) electrons. The molecule has 182 valence electrons. The van der Waals surface area contributed by atoms with Crippen LogP contribution >= 0.6 is 11.3 Å². The lowest BCUT2D eigenvalue weighted by atomic mass is 10.2. The fraction of sp³-hybridized carbons (Fsp3) is 0.636. The lowest BCUT2D eigenvalue weighted by Gasteiger charge is -2.21. The van der Waals surface area contributed by atoms with Crippen molar-refractivity contribution < 1.29 is 23.8 Å². The fourth-order valence-corrected chi connectivity index (χ4v) is 4.69. The molecule has 1 N–H and O–H groups in total. The van der Waals surface area contributed by atoms with Crippen LogP contribution in [0.25, 0.3) is 10.2 Å². The molecule has 2 aromatic heterocycles. The number of nitrogens with zero attached hydrogens (tertiary/aromatic N) is 3. The standard InChI is InChI=1S/C22H32N4O6S/c1-14(2)13-32-22(29)26-7-5-6-25(8-9-26)12-16-23-19(27)17-15(3)18(33-20(17)24-16)21(28)31-11-10-30-4/h14H,5-13H2,1-4H3,(H,23,24,27). The van der Waals surface area contributed by atoms with Gasteiger partial charge in [-0.25, -0.2) is 14.6 Å². The summed E-state index contributed by atoms with van der Waals surface area (Å²) in [5.74, 6) is 0.346. The molecule has 1 fully saturated rings. The Morgan fingerprint density at radius 2 is 1.94 bits per heavy atom. The van der Waals surface area contributed by atoms with E-state index in [1.54, 1.807) is 11.8 Å². The van der Waals surface area contributed by atoms with Crippen LogP contribution in [0.3, 0.4) is 0 Å². The molecule has 3 rings (SSSR count). The minimum Gasteiger partial charge on any atom is -0.459 e. The molecule has 0 atom stereocenters. The van der Waals surface area contributed by atoms with Crippen molar-refractivity contribution in [2.24, 2.45) is 5.92 Å². The highest BCUT2D eigenvalue weighted by molar-refractivity contribution is 7.20. The summed E-state index contributed by atoms with van der Waals surface area (Å²) < 4.78 is 15.4. The minimum absolute atomic E-state index is 0.148. The maximum absolute atomic E-state index is 12.7. The van der Waals surface area contributed by atoms with Gasteiger partial charge in [0.1, 0.15) is 22.1 Å². The van der Waals surface area contributed by atoms with Gasteiger partial charge in [0, 0.05) is 33.3 Å². The summed E-state index contributed by atoms with van der Waals surface area (Å²) in [7, 11) is 1.53. The van der Waals surface area contributed by atoms with E-state index in [2.05, 4.69) is 14.9 Å². The van der Waals surface area contributed by atoms with E-state index in [1.165, 1.54) is 7.11 Å². The summed E-state index contributed by atoms with van der Waals surface area (Å²) in [6, 6.07) is 0. The van der Waals surface area contributed by atoms with Gasteiger partial charge in [0.2, 0.25) is 0 Å². The highest BCUT2D eigenvalue weighted by Crippen LogP contribution is 2.27. The number of nitrogens with one attached hydrogen (secondary N) is 1. The fourth-order valence-electron chi connectivity index (χ4n) is 3.59. The third-order valence-electron chi connectivity index (χ3n) is 5.32. The van der Waals surface area contributed by atoms with E-state index in [0.29, 0.717) is 71.8 Å². The Hall–Kier alpha value is -2.50. The van der Waals surface area contributed by atoms with Gasteiger partial charge in [-0.1, -0.05) is 13.8 Å². The van der Waals surface area contributed by atoms with Gasteiger partial charge in [0.25, 0.3) is 5.56 Å². The van der Waals surface area contributed by atoms with Gasteiger partial charge >= 0.3 is 12.1 Å². The Morgan fingerprint density at radius 1 is 1.15 bits per heavy atom. The Balaban J connectivity index is 1.67. The molecular weight excluding hydrogens is 448 g/mol. The van der Waals surface area contributed by atoms with Gasteiger partial charge in [0.15, 0.2) is 0 Å². The smallest absolute Gasteiger partial charge is 0.409 e. The topological polar surface area (TPSA) is 114 Å². The van der Waals surface area contributed by atoms with Gasteiger partial charge in [-0.3, -0.25) is 9.69 Å². The van der Waals surface area contributed by atoms with E-state index >= 15 is 0 Å². The van der Waals surface area contributed by atoms with E-state index < -0.39 is 5.97 Å². The van der Waals surface area contributed by atoms with Crippen LogP contribution < -0.4 is 5.56 Å². The molecule has 0 saturated carbocycles. The molecule has 10 nitrogen and oxygen atoms in total. The third-order valence-corrected chi connectivity index (χ3v) is 6.48. The Kier molecular flexibility index (Phi) is 8.81. The van der Waals surface area contributed by atoms with E-state index in [1.807, 2.05) is 13.8 Å². The average molecular weight is 481 g/mol. The van der Waals surface area contributed by atoms with Crippen LogP contribution in [0.1, 0.15) is 41.3 Å². The zero-order chi connectivity index (χ0) is 24.0. The van der Waals surface area contributed by atoms with Crippen LogP contribution in [0.15, 0.2) is 4.79 Å². The number of methoxy groups -OCH3 is 1. The van der Waals surface area contributed by atoms with Crippen LogP contribution in [0.5, 0.6) is 0 Å². The number of H-pyrrole nitrogens is 1.